The van der Waals surface area contributed by atoms with Gasteiger partial charge < -0.3 is 24.6 Å². The van der Waals surface area contributed by atoms with Crippen molar-refractivity contribution in [1.82, 2.24) is 4.90 Å². The summed E-state index contributed by atoms with van der Waals surface area (Å²) in [7, 11) is 0. The molecule has 1 amide bonds. The summed E-state index contributed by atoms with van der Waals surface area (Å²) in [4.78, 5) is 24.5. The Balaban J connectivity index is 1.65. The minimum Gasteiger partial charge on any atom is -0.477 e. The standard InChI is InChI=1S/C18H25NO6/c1-18(23,16(20)21)25-12-9-14-7-10-19(11-8-14)17(22)24-13-15-5-3-2-4-6-15/h2-6,14,23H,7-13H2,1H3,(H,20,21)/t18-/m1/s1. The molecule has 1 aromatic carbocycles. The van der Waals surface area contributed by atoms with Crippen molar-refractivity contribution in [3.8, 4) is 0 Å². The zero-order chi connectivity index (χ0) is 18.3. The van der Waals surface area contributed by atoms with Crippen LogP contribution in [0.5, 0.6) is 0 Å². The first-order valence-electron chi connectivity index (χ1n) is 8.44. The van der Waals surface area contributed by atoms with Crippen LogP contribution in [0.4, 0.5) is 4.79 Å². The Morgan fingerprint density at radius 1 is 1.24 bits per heavy atom. The first-order chi connectivity index (χ1) is 11.9. The first kappa shape index (κ1) is 19.2. The number of likely N-dealkylation sites (tertiary alicyclic amines) is 1. The van der Waals surface area contributed by atoms with Gasteiger partial charge in [0, 0.05) is 20.0 Å². The van der Waals surface area contributed by atoms with Crippen LogP contribution >= 0.6 is 0 Å². The molecule has 0 unspecified atom stereocenters. The van der Waals surface area contributed by atoms with E-state index in [2.05, 4.69) is 0 Å². The average Bonchev–Trinajstić information content (AvgIpc) is 2.61. The van der Waals surface area contributed by atoms with E-state index in [9.17, 15) is 14.7 Å². The van der Waals surface area contributed by atoms with Crippen LogP contribution in [0.3, 0.4) is 0 Å². The lowest BCUT2D eigenvalue weighted by atomic mass is 9.94. The summed E-state index contributed by atoms with van der Waals surface area (Å²) in [5, 5.41) is 18.3. The average molecular weight is 351 g/mol. The zero-order valence-electron chi connectivity index (χ0n) is 14.4. The van der Waals surface area contributed by atoms with E-state index in [1.54, 1.807) is 4.90 Å². The molecule has 1 heterocycles. The number of aliphatic carboxylic acids is 1. The smallest absolute Gasteiger partial charge is 0.410 e. The Bertz CT molecular complexity index is 566. The number of hydrogen-bond acceptors (Lipinski definition) is 5. The van der Waals surface area contributed by atoms with Crippen LogP contribution in [0.1, 0.15) is 31.7 Å². The third-order valence-corrected chi connectivity index (χ3v) is 4.38. The van der Waals surface area contributed by atoms with Crippen LogP contribution in [0.15, 0.2) is 30.3 Å². The lowest BCUT2D eigenvalue weighted by Gasteiger charge is -2.31. The number of amides is 1. The van der Waals surface area contributed by atoms with Gasteiger partial charge in [-0.2, -0.15) is 0 Å². The van der Waals surface area contributed by atoms with Crippen molar-refractivity contribution < 1.29 is 29.3 Å². The van der Waals surface area contributed by atoms with Crippen LogP contribution < -0.4 is 0 Å². The van der Waals surface area contributed by atoms with Crippen molar-refractivity contribution in [3.05, 3.63) is 35.9 Å². The molecule has 7 nitrogen and oxygen atoms in total. The molecule has 0 aliphatic carbocycles. The highest BCUT2D eigenvalue weighted by Crippen LogP contribution is 2.22. The summed E-state index contributed by atoms with van der Waals surface area (Å²) >= 11 is 0. The molecule has 1 aromatic rings. The molecule has 0 spiro atoms. The van der Waals surface area contributed by atoms with Gasteiger partial charge in [0.2, 0.25) is 0 Å². The molecular formula is C18H25NO6. The van der Waals surface area contributed by atoms with Gasteiger partial charge in [-0.25, -0.2) is 9.59 Å². The molecule has 1 aliphatic rings. The van der Waals surface area contributed by atoms with Gasteiger partial charge in [-0.05, 0) is 30.7 Å². The summed E-state index contributed by atoms with van der Waals surface area (Å²) in [6, 6.07) is 9.53. The van der Waals surface area contributed by atoms with Crippen molar-refractivity contribution >= 4 is 12.1 Å². The lowest BCUT2D eigenvalue weighted by molar-refractivity contribution is -0.216. The number of ether oxygens (including phenoxy) is 2. The summed E-state index contributed by atoms with van der Waals surface area (Å²) < 4.78 is 10.3. The topological polar surface area (TPSA) is 96.3 Å². The molecule has 1 saturated heterocycles. The molecule has 2 N–H and O–H groups in total. The monoisotopic (exact) mass is 351 g/mol. The van der Waals surface area contributed by atoms with E-state index in [1.807, 2.05) is 30.3 Å². The van der Waals surface area contributed by atoms with Gasteiger partial charge in [0.15, 0.2) is 0 Å². The number of carbonyl (C=O) groups is 2. The number of benzene rings is 1. The number of carboxylic acid groups (broad SMARTS) is 1. The highest BCUT2D eigenvalue weighted by atomic mass is 16.6. The molecule has 1 aliphatic heterocycles. The van der Waals surface area contributed by atoms with Crippen molar-refractivity contribution in [1.29, 1.82) is 0 Å². The molecule has 138 valence electrons. The number of aliphatic hydroxyl groups is 1. The van der Waals surface area contributed by atoms with Crippen molar-refractivity contribution in [2.45, 2.75) is 38.6 Å². The predicted octanol–water partition coefficient (Wildman–Crippen LogP) is 2.23. The summed E-state index contributed by atoms with van der Waals surface area (Å²) in [5.74, 6) is -3.21. The fraction of sp³-hybridized carbons (Fsp3) is 0.556. The Labute approximate surface area is 147 Å². The fourth-order valence-electron chi connectivity index (χ4n) is 2.70. The molecule has 0 radical (unpaired) electrons. The van der Waals surface area contributed by atoms with Gasteiger partial charge in [-0.15, -0.1) is 0 Å². The normalized spacial score (nSPS) is 17.8. The Kier molecular flexibility index (Phi) is 6.78. The number of carbonyl (C=O) groups excluding carboxylic acids is 1. The van der Waals surface area contributed by atoms with Gasteiger partial charge >= 0.3 is 12.1 Å². The number of carboxylic acids is 1. The SMILES string of the molecule is C[C@@](O)(OCCC1CCN(C(=O)OCc2ccccc2)CC1)C(=O)O. The largest absolute Gasteiger partial charge is 0.477 e. The van der Waals surface area contributed by atoms with Crippen molar-refractivity contribution in [3.63, 3.8) is 0 Å². The van der Waals surface area contributed by atoms with E-state index < -0.39 is 11.8 Å². The molecule has 0 bridgehead atoms. The van der Waals surface area contributed by atoms with Gasteiger partial charge in [-0.3, -0.25) is 0 Å². The van der Waals surface area contributed by atoms with Gasteiger partial charge in [-0.1, -0.05) is 30.3 Å². The fourth-order valence-corrected chi connectivity index (χ4v) is 2.70. The molecule has 7 heteroatoms. The number of hydrogen-bond donors (Lipinski definition) is 2. The Morgan fingerprint density at radius 2 is 1.88 bits per heavy atom. The predicted molar refractivity (Wildman–Crippen MR) is 89.8 cm³/mol. The lowest BCUT2D eigenvalue weighted by Crippen LogP contribution is -2.40. The van der Waals surface area contributed by atoms with E-state index in [0.29, 0.717) is 25.4 Å². The zero-order valence-corrected chi connectivity index (χ0v) is 14.4. The highest BCUT2D eigenvalue weighted by Gasteiger charge is 2.31. The molecule has 25 heavy (non-hydrogen) atoms. The Hall–Kier alpha value is -2.12. The third-order valence-electron chi connectivity index (χ3n) is 4.38. The number of rotatable bonds is 7. The second-order valence-electron chi connectivity index (χ2n) is 6.40. The maximum atomic E-state index is 12.1. The number of nitrogens with zero attached hydrogens (tertiary/aromatic N) is 1. The summed E-state index contributed by atoms with van der Waals surface area (Å²) in [5.41, 5.74) is 0.952. The van der Waals surface area contributed by atoms with E-state index in [-0.39, 0.29) is 19.3 Å². The van der Waals surface area contributed by atoms with Gasteiger partial charge in [0.25, 0.3) is 5.79 Å². The van der Waals surface area contributed by atoms with E-state index in [1.165, 1.54) is 0 Å². The second-order valence-corrected chi connectivity index (χ2v) is 6.40. The molecule has 1 fully saturated rings. The highest BCUT2D eigenvalue weighted by molar-refractivity contribution is 5.74. The minimum atomic E-state index is -2.15. The van der Waals surface area contributed by atoms with Crippen LogP contribution in [0.2, 0.25) is 0 Å². The maximum Gasteiger partial charge on any atom is 0.410 e. The molecule has 0 aromatic heterocycles. The maximum absolute atomic E-state index is 12.1. The molecule has 0 saturated carbocycles. The molecule has 2 rings (SSSR count). The van der Waals surface area contributed by atoms with Crippen LogP contribution in [0, 0.1) is 5.92 Å². The summed E-state index contributed by atoms with van der Waals surface area (Å²) in [6.07, 6.45) is 1.95. The molecular weight excluding hydrogens is 326 g/mol. The van der Waals surface area contributed by atoms with E-state index in [0.717, 1.165) is 25.3 Å². The minimum absolute atomic E-state index is 0.169. The second kappa shape index (κ2) is 8.82. The number of piperidine rings is 1. The van der Waals surface area contributed by atoms with Gasteiger partial charge in [0.1, 0.15) is 6.61 Å². The molecule has 1 atom stereocenters. The van der Waals surface area contributed by atoms with E-state index in [4.69, 9.17) is 14.6 Å². The van der Waals surface area contributed by atoms with Crippen LogP contribution in [-0.2, 0) is 20.9 Å². The van der Waals surface area contributed by atoms with Crippen LogP contribution in [0.25, 0.3) is 0 Å². The van der Waals surface area contributed by atoms with Crippen molar-refractivity contribution in [2.75, 3.05) is 19.7 Å². The third kappa shape index (κ3) is 6.03. The van der Waals surface area contributed by atoms with Crippen molar-refractivity contribution in [2.24, 2.45) is 5.92 Å². The van der Waals surface area contributed by atoms with E-state index >= 15 is 0 Å². The first-order valence-corrected chi connectivity index (χ1v) is 8.44. The van der Waals surface area contributed by atoms with Gasteiger partial charge in [0.05, 0.1) is 6.61 Å². The van der Waals surface area contributed by atoms with Crippen LogP contribution in [-0.4, -0.2) is 52.7 Å². The quantitative estimate of drug-likeness (QED) is 0.731. The Morgan fingerprint density at radius 3 is 2.48 bits per heavy atom. The summed E-state index contributed by atoms with van der Waals surface area (Å²) in [6.45, 7) is 2.75.